The van der Waals surface area contributed by atoms with Crippen LogP contribution < -0.4 is 0 Å². The molecule has 5 heteroatoms. The number of fused-ring (bicyclic) bond motifs is 5. The molecule has 1 heterocycles. The third kappa shape index (κ3) is 6.27. The number of hydrogen-bond acceptors (Lipinski definition) is 5. The fraction of sp³-hybridized carbons (Fsp3) is 0.0172. The minimum atomic E-state index is -0.812. The molecule has 0 saturated carbocycles. The van der Waals surface area contributed by atoms with E-state index >= 15 is 0 Å². The van der Waals surface area contributed by atoms with Crippen LogP contribution in [0.15, 0.2) is 212 Å². The van der Waals surface area contributed by atoms with Crippen molar-refractivity contribution in [3.63, 3.8) is 0 Å². The van der Waals surface area contributed by atoms with E-state index in [2.05, 4.69) is 127 Å². The largest absolute Gasteiger partial charge is 0.208 e. The zero-order chi connectivity index (χ0) is 42.3. The van der Waals surface area contributed by atoms with E-state index in [1.165, 1.54) is 5.56 Å². The van der Waals surface area contributed by atoms with E-state index < -0.39 is 5.41 Å². The molecule has 0 saturated heterocycles. The summed E-state index contributed by atoms with van der Waals surface area (Å²) in [5.74, 6) is 1.79. The van der Waals surface area contributed by atoms with Crippen LogP contribution >= 0.6 is 0 Å². The van der Waals surface area contributed by atoms with E-state index in [9.17, 15) is 10.5 Å². The highest BCUT2D eigenvalue weighted by molar-refractivity contribution is 6.10. The SMILES string of the molecule is N#Cc1ccc(-c2cccc(C3(c4ccccc4)c4cc(-c5nc(-c6ccccc6)nc(-c6ccccc6)n5)ccc4-c4c3cc(-c3ccc(C#N)cc3)c3ccccc43)c2)cc1. The van der Waals surface area contributed by atoms with Crippen molar-refractivity contribution >= 4 is 10.8 Å². The van der Waals surface area contributed by atoms with Gasteiger partial charge in [0, 0.05) is 16.7 Å². The standard InChI is InChI=1S/C58H35N5/c59-36-38-23-27-40(28-24-38)44-17-12-20-47(33-44)58(46-18-8-3-9-19-46)52-34-45(57-62-55(42-13-4-1-5-14-42)61-56(63-57)43-15-6-2-7-16-43)31-32-50(52)54-49-22-11-10-21-48(49)51(35-53(54)58)41-29-25-39(37-60)26-30-41/h1-35H. The Morgan fingerprint density at radius 3 is 1.43 bits per heavy atom. The van der Waals surface area contributed by atoms with E-state index in [1.807, 2.05) is 97.1 Å². The smallest absolute Gasteiger partial charge is 0.164 e. The topological polar surface area (TPSA) is 86.2 Å². The summed E-state index contributed by atoms with van der Waals surface area (Å²) in [5, 5.41) is 21.6. The zero-order valence-electron chi connectivity index (χ0n) is 33.9. The molecule has 5 nitrogen and oxygen atoms in total. The molecule has 1 atom stereocenters. The number of aromatic nitrogens is 3. The Morgan fingerprint density at radius 2 is 0.825 bits per heavy atom. The van der Waals surface area contributed by atoms with Crippen LogP contribution in [0.1, 0.15) is 33.4 Å². The molecule has 11 rings (SSSR count). The molecule has 0 fully saturated rings. The number of benzene rings is 9. The molecule has 1 aliphatic rings. The summed E-state index contributed by atoms with van der Waals surface area (Å²) in [7, 11) is 0. The molecular weight excluding hydrogens is 767 g/mol. The molecule has 1 aliphatic carbocycles. The van der Waals surface area contributed by atoms with Crippen LogP contribution in [-0.2, 0) is 5.41 Å². The normalized spacial score (nSPS) is 13.7. The first kappa shape index (κ1) is 37.2. The van der Waals surface area contributed by atoms with Crippen LogP contribution in [-0.4, -0.2) is 15.0 Å². The van der Waals surface area contributed by atoms with Gasteiger partial charge in [-0.15, -0.1) is 0 Å². The summed E-state index contributed by atoms with van der Waals surface area (Å²) < 4.78 is 0. The van der Waals surface area contributed by atoms with E-state index in [0.29, 0.717) is 28.6 Å². The van der Waals surface area contributed by atoms with Gasteiger partial charge in [0.05, 0.1) is 28.7 Å². The van der Waals surface area contributed by atoms with Gasteiger partial charge in [-0.05, 0) is 109 Å². The molecule has 0 aliphatic heterocycles. The van der Waals surface area contributed by atoms with Crippen molar-refractivity contribution in [1.29, 1.82) is 10.5 Å². The molecule has 63 heavy (non-hydrogen) atoms. The second-order valence-electron chi connectivity index (χ2n) is 15.8. The molecule has 9 aromatic carbocycles. The van der Waals surface area contributed by atoms with Crippen LogP contribution in [0.4, 0.5) is 0 Å². The van der Waals surface area contributed by atoms with Crippen molar-refractivity contribution in [2.45, 2.75) is 5.41 Å². The lowest BCUT2D eigenvalue weighted by molar-refractivity contribution is 0.769. The predicted octanol–water partition coefficient (Wildman–Crippen LogP) is 13.5. The van der Waals surface area contributed by atoms with Gasteiger partial charge in [0.1, 0.15) is 0 Å². The van der Waals surface area contributed by atoms with E-state index in [4.69, 9.17) is 15.0 Å². The Labute approximate surface area is 365 Å². The fourth-order valence-electron chi connectivity index (χ4n) is 9.36. The lowest BCUT2D eigenvalue weighted by atomic mass is 9.66. The quantitative estimate of drug-likeness (QED) is 0.160. The van der Waals surface area contributed by atoms with E-state index in [1.54, 1.807) is 0 Å². The minimum absolute atomic E-state index is 0.581. The van der Waals surface area contributed by atoms with Gasteiger partial charge in [-0.1, -0.05) is 170 Å². The van der Waals surface area contributed by atoms with Crippen LogP contribution in [0.5, 0.6) is 0 Å². The Kier molecular flexibility index (Phi) is 9.08. The monoisotopic (exact) mass is 801 g/mol. The Morgan fingerprint density at radius 1 is 0.333 bits per heavy atom. The van der Waals surface area contributed by atoms with Gasteiger partial charge >= 0.3 is 0 Å². The maximum atomic E-state index is 9.72. The first-order valence-electron chi connectivity index (χ1n) is 20.9. The predicted molar refractivity (Wildman–Crippen MR) is 251 cm³/mol. The summed E-state index contributed by atoms with van der Waals surface area (Å²) in [4.78, 5) is 15.4. The summed E-state index contributed by atoms with van der Waals surface area (Å²) in [6.07, 6.45) is 0. The lowest BCUT2D eigenvalue weighted by Gasteiger charge is -2.35. The molecule has 10 aromatic rings. The van der Waals surface area contributed by atoms with Gasteiger partial charge in [0.25, 0.3) is 0 Å². The van der Waals surface area contributed by atoms with E-state index in [0.717, 1.165) is 77.5 Å². The minimum Gasteiger partial charge on any atom is -0.208 e. The van der Waals surface area contributed by atoms with Gasteiger partial charge in [-0.3, -0.25) is 0 Å². The Bertz CT molecular complexity index is 3380. The summed E-state index contributed by atoms with van der Waals surface area (Å²) >= 11 is 0. The highest BCUT2D eigenvalue weighted by Crippen LogP contribution is 2.59. The van der Waals surface area contributed by atoms with Crippen molar-refractivity contribution in [2.75, 3.05) is 0 Å². The number of hydrogen-bond donors (Lipinski definition) is 0. The first-order chi connectivity index (χ1) is 31.1. The molecular formula is C58H35N5. The Balaban J connectivity index is 1.24. The third-order valence-corrected chi connectivity index (χ3v) is 12.3. The molecule has 1 aromatic heterocycles. The Hall–Kier alpha value is -8.77. The van der Waals surface area contributed by atoms with Gasteiger partial charge in [-0.2, -0.15) is 10.5 Å². The molecule has 0 spiro atoms. The van der Waals surface area contributed by atoms with Crippen LogP contribution in [0, 0.1) is 22.7 Å². The average molecular weight is 802 g/mol. The van der Waals surface area contributed by atoms with Crippen LogP contribution in [0.25, 0.3) is 78.3 Å². The van der Waals surface area contributed by atoms with Gasteiger partial charge in [-0.25, -0.2) is 15.0 Å². The lowest BCUT2D eigenvalue weighted by Crippen LogP contribution is -2.28. The maximum absolute atomic E-state index is 9.72. The van der Waals surface area contributed by atoms with Gasteiger partial charge in [0.15, 0.2) is 17.5 Å². The summed E-state index contributed by atoms with van der Waals surface area (Å²) in [5.41, 5.74) is 14.1. The molecule has 0 radical (unpaired) electrons. The van der Waals surface area contributed by atoms with Crippen molar-refractivity contribution in [3.8, 4) is 79.7 Å². The molecule has 292 valence electrons. The highest BCUT2D eigenvalue weighted by atomic mass is 15.0. The van der Waals surface area contributed by atoms with Crippen molar-refractivity contribution in [3.05, 3.63) is 246 Å². The highest BCUT2D eigenvalue weighted by Gasteiger charge is 2.47. The van der Waals surface area contributed by atoms with Crippen molar-refractivity contribution < 1.29 is 0 Å². The molecule has 1 unspecified atom stereocenters. The summed E-state index contributed by atoms with van der Waals surface area (Å²) in [6, 6.07) is 77.7. The van der Waals surface area contributed by atoms with Gasteiger partial charge < -0.3 is 0 Å². The number of nitriles is 2. The summed E-state index contributed by atoms with van der Waals surface area (Å²) in [6.45, 7) is 0. The molecule has 0 N–H and O–H groups in total. The number of rotatable bonds is 7. The van der Waals surface area contributed by atoms with Crippen LogP contribution in [0.3, 0.4) is 0 Å². The fourth-order valence-corrected chi connectivity index (χ4v) is 9.36. The molecule has 0 bridgehead atoms. The average Bonchev–Trinajstić information content (AvgIpc) is 3.67. The van der Waals surface area contributed by atoms with Crippen LogP contribution in [0.2, 0.25) is 0 Å². The second-order valence-corrected chi connectivity index (χ2v) is 15.8. The zero-order valence-corrected chi connectivity index (χ0v) is 33.9. The number of nitrogens with zero attached hydrogens (tertiary/aromatic N) is 5. The van der Waals surface area contributed by atoms with Crippen molar-refractivity contribution in [1.82, 2.24) is 15.0 Å². The molecule has 0 amide bonds. The van der Waals surface area contributed by atoms with Gasteiger partial charge in [0.2, 0.25) is 0 Å². The van der Waals surface area contributed by atoms with Crippen molar-refractivity contribution in [2.24, 2.45) is 0 Å². The maximum Gasteiger partial charge on any atom is 0.164 e. The second kappa shape index (κ2) is 15.4. The first-order valence-corrected chi connectivity index (χ1v) is 20.9. The third-order valence-electron chi connectivity index (χ3n) is 12.3. The van der Waals surface area contributed by atoms with E-state index in [-0.39, 0.29) is 0 Å².